The lowest BCUT2D eigenvalue weighted by Gasteiger charge is -2.13. The molecule has 0 spiro atoms. The number of carbonyl (C=O) groups excluding carboxylic acids is 1. The number of ether oxygens (including phenoxy) is 1. The highest BCUT2D eigenvalue weighted by Crippen LogP contribution is 2.27. The zero-order valence-electron chi connectivity index (χ0n) is 12.2. The Bertz CT molecular complexity index is 670. The summed E-state index contributed by atoms with van der Waals surface area (Å²) in [6, 6.07) is 10.4. The molecule has 0 aliphatic carbocycles. The van der Waals surface area contributed by atoms with Crippen LogP contribution >= 0.6 is 23.2 Å². The quantitative estimate of drug-likeness (QED) is 0.789. The van der Waals surface area contributed by atoms with Gasteiger partial charge in [-0.05, 0) is 43.2 Å². The lowest BCUT2D eigenvalue weighted by molar-refractivity contribution is 0.234. The summed E-state index contributed by atoms with van der Waals surface area (Å²) in [4.78, 5) is 11.9. The first kappa shape index (κ1) is 16.5. The van der Waals surface area contributed by atoms with Crippen molar-refractivity contribution in [3.05, 3.63) is 57.6 Å². The van der Waals surface area contributed by atoms with E-state index in [1.807, 2.05) is 32.0 Å². The topological polar surface area (TPSA) is 50.4 Å². The molecule has 0 bridgehead atoms. The Morgan fingerprint density at radius 1 is 1.14 bits per heavy atom. The molecule has 2 N–H and O–H groups in total. The molecular formula is C16H16Cl2N2O2. The Balaban J connectivity index is 1.88. The number of urea groups is 1. The first-order valence-electron chi connectivity index (χ1n) is 6.66. The molecule has 2 rings (SSSR count). The second kappa shape index (κ2) is 7.38. The number of para-hydroxylation sites is 1. The van der Waals surface area contributed by atoms with Crippen LogP contribution in [-0.2, 0) is 0 Å². The van der Waals surface area contributed by atoms with Crippen LogP contribution in [0.2, 0.25) is 10.0 Å². The maximum Gasteiger partial charge on any atom is 0.321 e. The highest BCUT2D eigenvalue weighted by molar-refractivity contribution is 6.35. The lowest BCUT2D eigenvalue weighted by atomic mass is 10.1. The summed E-state index contributed by atoms with van der Waals surface area (Å²) in [5, 5.41) is 6.34. The fraction of sp³-hybridized carbons (Fsp3) is 0.188. The highest BCUT2D eigenvalue weighted by Gasteiger charge is 2.07. The number of hydrogen-bond acceptors (Lipinski definition) is 2. The summed E-state index contributed by atoms with van der Waals surface area (Å²) in [5.74, 6) is 0.457. The van der Waals surface area contributed by atoms with E-state index in [1.165, 1.54) is 0 Å². The van der Waals surface area contributed by atoms with Gasteiger partial charge in [0.15, 0.2) is 6.73 Å². The van der Waals surface area contributed by atoms with Gasteiger partial charge in [-0.25, -0.2) is 4.79 Å². The summed E-state index contributed by atoms with van der Waals surface area (Å²) in [5.41, 5.74) is 2.79. The Morgan fingerprint density at radius 3 is 2.45 bits per heavy atom. The molecule has 22 heavy (non-hydrogen) atoms. The highest BCUT2D eigenvalue weighted by atomic mass is 35.5. The van der Waals surface area contributed by atoms with Crippen LogP contribution < -0.4 is 15.4 Å². The Labute approximate surface area is 139 Å². The Hall–Kier alpha value is -1.91. The molecule has 2 amide bonds. The van der Waals surface area contributed by atoms with Crippen molar-refractivity contribution < 1.29 is 9.53 Å². The minimum Gasteiger partial charge on any atom is -0.472 e. The van der Waals surface area contributed by atoms with E-state index in [-0.39, 0.29) is 12.8 Å². The molecule has 2 aromatic rings. The van der Waals surface area contributed by atoms with E-state index in [9.17, 15) is 4.79 Å². The van der Waals surface area contributed by atoms with Gasteiger partial charge in [0.25, 0.3) is 0 Å². The number of anilines is 1. The Morgan fingerprint density at radius 2 is 1.82 bits per heavy atom. The van der Waals surface area contributed by atoms with E-state index in [0.29, 0.717) is 15.8 Å². The Kier molecular flexibility index (Phi) is 5.52. The van der Waals surface area contributed by atoms with Gasteiger partial charge in [0.1, 0.15) is 5.75 Å². The van der Waals surface area contributed by atoms with Gasteiger partial charge in [0.2, 0.25) is 0 Å². The average Bonchev–Trinajstić information content (AvgIpc) is 2.45. The minimum atomic E-state index is -0.345. The van der Waals surface area contributed by atoms with E-state index in [1.54, 1.807) is 18.2 Å². The van der Waals surface area contributed by atoms with Crippen LogP contribution in [0.4, 0.5) is 10.5 Å². The number of carbonyl (C=O) groups is 1. The first-order chi connectivity index (χ1) is 10.5. The largest absolute Gasteiger partial charge is 0.472 e. The van der Waals surface area contributed by atoms with Gasteiger partial charge in [-0.3, -0.25) is 0 Å². The smallest absolute Gasteiger partial charge is 0.321 e. The summed E-state index contributed by atoms with van der Waals surface area (Å²) in [7, 11) is 0. The van der Waals surface area contributed by atoms with Crippen LogP contribution in [0, 0.1) is 13.8 Å². The SMILES string of the molecule is Cc1cccc(C)c1NC(=O)NCOc1ccc(Cl)cc1Cl. The number of amides is 2. The summed E-state index contributed by atoms with van der Waals surface area (Å²) >= 11 is 11.8. The predicted octanol–water partition coefficient (Wildman–Crippen LogP) is 4.77. The van der Waals surface area contributed by atoms with Crippen LogP contribution in [0.25, 0.3) is 0 Å². The predicted molar refractivity (Wildman–Crippen MR) is 90.0 cm³/mol. The molecule has 0 radical (unpaired) electrons. The third kappa shape index (κ3) is 4.29. The van der Waals surface area contributed by atoms with Crippen molar-refractivity contribution in [3.63, 3.8) is 0 Å². The molecule has 0 atom stereocenters. The van der Waals surface area contributed by atoms with Crippen molar-refractivity contribution in [2.24, 2.45) is 0 Å². The minimum absolute atomic E-state index is 0.00187. The molecule has 4 nitrogen and oxygen atoms in total. The van der Waals surface area contributed by atoms with Crippen molar-refractivity contribution in [2.45, 2.75) is 13.8 Å². The molecule has 0 saturated heterocycles. The van der Waals surface area contributed by atoms with Crippen LogP contribution in [0.1, 0.15) is 11.1 Å². The van der Waals surface area contributed by atoms with Crippen molar-refractivity contribution in [1.82, 2.24) is 5.32 Å². The summed E-state index contributed by atoms with van der Waals surface area (Å²) in [6.07, 6.45) is 0. The normalized spacial score (nSPS) is 10.2. The van der Waals surface area contributed by atoms with E-state index >= 15 is 0 Å². The summed E-state index contributed by atoms with van der Waals surface area (Å²) < 4.78 is 5.40. The fourth-order valence-electron chi connectivity index (χ4n) is 1.94. The third-order valence-electron chi connectivity index (χ3n) is 3.07. The number of nitrogens with one attached hydrogen (secondary N) is 2. The third-order valence-corrected chi connectivity index (χ3v) is 3.60. The van der Waals surface area contributed by atoms with E-state index in [2.05, 4.69) is 10.6 Å². The standard InChI is InChI=1S/C16H16Cl2N2O2/c1-10-4-3-5-11(2)15(10)20-16(21)19-9-22-14-7-6-12(17)8-13(14)18/h3-8H,9H2,1-2H3,(H2,19,20,21). The molecule has 0 unspecified atom stereocenters. The van der Waals surface area contributed by atoms with Gasteiger partial charge >= 0.3 is 6.03 Å². The van der Waals surface area contributed by atoms with Gasteiger partial charge in [-0.15, -0.1) is 0 Å². The number of hydrogen-bond donors (Lipinski definition) is 2. The molecule has 116 valence electrons. The molecule has 0 aliphatic rings. The molecule has 0 saturated carbocycles. The maximum absolute atomic E-state index is 11.9. The van der Waals surface area contributed by atoms with Crippen molar-refractivity contribution in [2.75, 3.05) is 12.0 Å². The molecule has 2 aromatic carbocycles. The zero-order chi connectivity index (χ0) is 16.1. The lowest BCUT2D eigenvalue weighted by Crippen LogP contribution is -2.32. The van der Waals surface area contributed by atoms with Crippen LogP contribution in [0.15, 0.2) is 36.4 Å². The van der Waals surface area contributed by atoms with Gasteiger partial charge in [0, 0.05) is 10.7 Å². The number of benzene rings is 2. The number of rotatable bonds is 4. The van der Waals surface area contributed by atoms with Crippen molar-refractivity contribution >= 4 is 34.9 Å². The number of aryl methyl sites for hydroxylation is 2. The van der Waals surface area contributed by atoms with E-state index in [4.69, 9.17) is 27.9 Å². The summed E-state index contributed by atoms with van der Waals surface area (Å²) in [6.45, 7) is 3.87. The fourth-order valence-corrected chi connectivity index (χ4v) is 2.40. The van der Waals surface area contributed by atoms with E-state index in [0.717, 1.165) is 16.8 Å². The van der Waals surface area contributed by atoms with Crippen LogP contribution in [0.3, 0.4) is 0 Å². The molecular weight excluding hydrogens is 323 g/mol. The van der Waals surface area contributed by atoms with Gasteiger partial charge in [0.05, 0.1) is 5.02 Å². The first-order valence-corrected chi connectivity index (χ1v) is 7.42. The van der Waals surface area contributed by atoms with Crippen LogP contribution in [0.5, 0.6) is 5.75 Å². The second-order valence-electron chi connectivity index (χ2n) is 4.76. The van der Waals surface area contributed by atoms with Gasteiger partial charge in [-0.2, -0.15) is 0 Å². The van der Waals surface area contributed by atoms with Crippen LogP contribution in [-0.4, -0.2) is 12.8 Å². The molecule has 0 fully saturated rings. The molecule has 0 heterocycles. The molecule has 0 aromatic heterocycles. The van der Waals surface area contributed by atoms with Crippen molar-refractivity contribution in [1.29, 1.82) is 0 Å². The van der Waals surface area contributed by atoms with Crippen molar-refractivity contribution in [3.8, 4) is 5.75 Å². The molecule has 6 heteroatoms. The number of halogens is 2. The van der Waals surface area contributed by atoms with Gasteiger partial charge < -0.3 is 15.4 Å². The zero-order valence-corrected chi connectivity index (χ0v) is 13.8. The van der Waals surface area contributed by atoms with Gasteiger partial charge in [-0.1, -0.05) is 41.4 Å². The maximum atomic E-state index is 11.9. The average molecular weight is 339 g/mol. The monoisotopic (exact) mass is 338 g/mol. The molecule has 0 aliphatic heterocycles. The van der Waals surface area contributed by atoms with E-state index < -0.39 is 0 Å². The second-order valence-corrected chi connectivity index (χ2v) is 5.60.